The lowest BCUT2D eigenvalue weighted by atomic mass is 10.1. The highest BCUT2D eigenvalue weighted by Crippen LogP contribution is 2.25. The summed E-state index contributed by atoms with van der Waals surface area (Å²) in [5.74, 6) is 2.77. The summed E-state index contributed by atoms with van der Waals surface area (Å²) in [4.78, 5) is 0. The summed E-state index contributed by atoms with van der Waals surface area (Å²) in [6, 6.07) is 8.20. The zero-order chi connectivity index (χ0) is 10.8. The number of aryl methyl sites for hydroxylation is 1. The van der Waals surface area contributed by atoms with Crippen molar-refractivity contribution < 1.29 is 0 Å². The molecule has 0 spiro atoms. The molecule has 0 aliphatic rings. The number of benzene rings is 1. The summed E-state index contributed by atoms with van der Waals surface area (Å²) in [5, 5.41) is 1.15. The molecule has 0 saturated heterocycles. The smallest absolute Gasteiger partial charge is 0.0572 e. The molecular formula is C14H13N. The minimum atomic E-state index is 0.978. The van der Waals surface area contributed by atoms with Gasteiger partial charge in [0.1, 0.15) is 0 Å². The first-order chi connectivity index (χ1) is 7.29. The third-order valence-corrected chi connectivity index (χ3v) is 2.62. The van der Waals surface area contributed by atoms with Crippen molar-refractivity contribution in [2.75, 3.05) is 0 Å². The van der Waals surface area contributed by atoms with Gasteiger partial charge in [0, 0.05) is 18.0 Å². The van der Waals surface area contributed by atoms with Crippen LogP contribution in [0.5, 0.6) is 0 Å². The van der Waals surface area contributed by atoms with Crippen LogP contribution in [0.3, 0.4) is 0 Å². The van der Waals surface area contributed by atoms with Gasteiger partial charge < -0.3 is 4.57 Å². The monoisotopic (exact) mass is 195 g/mol. The van der Waals surface area contributed by atoms with Crippen LogP contribution in [0.2, 0.25) is 0 Å². The molecule has 1 heterocycles. The van der Waals surface area contributed by atoms with Crippen molar-refractivity contribution in [2.24, 2.45) is 7.05 Å². The van der Waals surface area contributed by atoms with Crippen LogP contribution in [0, 0.1) is 12.3 Å². The second kappa shape index (κ2) is 3.67. The van der Waals surface area contributed by atoms with E-state index in [1.165, 1.54) is 5.52 Å². The van der Waals surface area contributed by atoms with Gasteiger partial charge in [-0.2, -0.15) is 0 Å². The van der Waals surface area contributed by atoms with Gasteiger partial charge in [0.2, 0.25) is 0 Å². The number of fused-ring (bicyclic) bond motifs is 1. The normalized spacial score (nSPS) is 11.0. The molecule has 0 radical (unpaired) electrons. The van der Waals surface area contributed by atoms with Gasteiger partial charge in [-0.05, 0) is 19.1 Å². The number of rotatable bonds is 1. The highest BCUT2D eigenvalue weighted by atomic mass is 14.9. The molecule has 0 N–H and O–H groups in total. The van der Waals surface area contributed by atoms with Crippen LogP contribution in [0.4, 0.5) is 0 Å². The van der Waals surface area contributed by atoms with Crippen LogP contribution in [0.25, 0.3) is 17.0 Å². The van der Waals surface area contributed by atoms with Crippen LogP contribution in [0.1, 0.15) is 18.2 Å². The maximum absolute atomic E-state index is 5.56. The second-order valence-electron chi connectivity index (χ2n) is 3.48. The van der Waals surface area contributed by atoms with Gasteiger partial charge >= 0.3 is 0 Å². The van der Waals surface area contributed by atoms with E-state index in [0.29, 0.717) is 0 Å². The largest absolute Gasteiger partial charge is 0.343 e. The number of hydrogen-bond acceptors (Lipinski definition) is 0. The van der Waals surface area contributed by atoms with Crippen LogP contribution < -0.4 is 0 Å². The number of aromatic nitrogens is 1. The Balaban J connectivity index is 2.92. The fourth-order valence-corrected chi connectivity index (χ4v) is 1.92. The third kappa shape index (κ3) is 1.35. The van der Waals surface area contributed by atoms with Crippen molar-refractivity contribution in [1.29, 1.82) is 0 Å². The van der Waals surface area contributed by atoms with Crippen molar-refractivity contribution in [3.05, 3.63) is 41.6 Å². The number of nitrogens with zero attached hydrogens (tertiary/aromatic N) is 1. The zero-order valence-corrected chi connectivity index (χ0v) is 8.99. The van der Waals surface area contributed by atoms with E-state index >= 15 is 0 Å². The summed E-state index contributed by atoms with van der Waals surface area (Å²) in [6.45, 7) is 2.00. The topological polar surface area (TPSA) is 4.93 Å². The van der Waals surface area contributed by atoms with Crippen molar-refractivity contribution in [3.63, 3.8) is 0 Å². The molecule has 0 unspecified atom stereocenters. The maximum atomic E-state index is 5.56. The first kappa shape index (κ1) is 9.61. The molecule has 0 fully saturated rings. The van der Waals surface area contributed by atoms with Crippen molar-refractivity contribution in [3.8, 4) is 12.3 Å². The van der Waals surface area contributed by atoms with Crippen LogP contribution in [-0.2, 0) is 7.05 Å². The highest BCUT2D eigenvalue weighted by molar-refractivity contribution is 5.90. The van der Waals surface area contributed by atoms with Gasteiger partial charge in [0.25, 0.3) is 0 Å². The molecular weight excluding hydrogens is 182 g/mol. The number of para-hydroxylation sites is 1. The Morgan fingerprint density at radius 2 is 2.07 bits per heavy atom. The Hall–Kier alpha value is -1.94. The van der Waals surface area contributed by atoms with E-state index in [2.05, 4.69) is 28.7 Å². The van der Waals surface area contributed by atoms with Crippen molar-refractivity contribution >= 4 is 17.0 Å². The molecule has 1 aromatic heterocycles. The molecule has 1 nitrogen and oxygen atoms in total. The minimum absolute atomic E-state index is 0.978. The van der Waals surface area contributed by atoms with Gasteiger partial charge in [-0.25, -0.2) is 0 Å². The molecule has 15 heavy (non-hydrogen) atoms. The Bertz CT molecular complexity index is 565. The molecule has 0 aliphatic carbocycles. The molecule has 2 rings (SSSR count). The Morgan fingerprint density at radius 1 is 1.33 bits per heavy atom. The van der Waals surface area contributed by atoms with Crippen LogP contribution in [-0.4, -0.2) is 4.57 Å². The zero-order valence-electron chi connectivity index (χ0n) is 8.99. The van der Waals surface area contributed by atoms with Gasteiger partial charge in [0.15, 0.2) is 0 Å². The van der Waals surface area contributed by atoms with E-state index in [9.17, 15) is 0 Å². The SMILES string of the molecule is C#Cc1c(/C=C\C)n(C)c2ccccc12. The van der Waals surface area contributed by atoms with E-state index < -0.39 is 0 Å². The second-order valence-corrected chi connectivity index (χ2v) is 3.48. The molecule has 0 saturated carbocycles. The first-order valence-corrected chi connectivity index (χ1v) is 4.96. The molecule has 1 heteroatoms. The third-order valence-electron chi connectivity index (χ3n) is 2.62. The number of terminal acetylenes is 1. The van der Waals surface area contributed by atoms with E-state index in [0.717, 1.165) is 16.6 Å². The Kier molecular flexibility index (Phi) is 2.35. The van der Waals surface area contributed by atoms with Crippen molar-refractivity contribution in [2.45, 2.75) is 6.92 Å². The highest BCUT2D eigenvalue weighted by Gasteiger charge is 2.09. The average Bonchev–Trinajstić information content (AvgIpc) is 2.54. The number of allylic oxidation sites excluding steroid dienone is 1. The molecule has 0 aliphatic heterocycles. The lowest BCUT2D eigenvalue weighted by Crippen LogP contribution is -1.90. The summed E-state index contributed by atoms with van der Waals surface area (Å²) < 4.78 is 2.13. The summed E-state index contributed by atoms with van der Waals surface area (Å²) in [6.07, 6.45) is 9.62. The molecule has 1 aromatic carbocycles. The summed E-state index contributed by atoms with van der Waals surface area (Å²) in [5.41, 5.74) is 3.26. The lowest BCUT2D eigenvalue weighted by molar-refractivity contribution is 0.952. The predicted molar refractivity (Wildman–Crippen MR) is 65.6 cm³/mol. The maximum Gasteiger partial charge on any atom is 0.0572 e. The van der Waals surface area contributed by atoms with Gasteiger partial charge in [-0.15, -0.1) is 6.42 Å². The summed E-state index contributed by atoms with van der Waals surface area (Å²) >= 11 is 0. The Morgan fingerprint density at radius 3 is 2.73 bits per heavy atom. The average molecular weight is 195 g/mol. The predicted octanol–water partition coefficient (Wildman–Crippen LogP) is 3.19. The first-order valence-electron chi connectivity index (χ1n) is 4.96. The van der Waals surface area contributed by atoms with E-state index in [1.807, 2.05) is 32.2 Å². The molecule has 0 atom stereocenters. The Labute approximate surface area is 90.0 Å². The number of hydrogen-bond donors (Lipinski definition) is 0. The van der Waals surface area contributed by atoms with Gasteiger partial charge in [-0.3, -0.25) is 0 Å². The molecule has 74 valence electrons. The van der Waals surface area contributed by atoms with E-state index in [4.69, 9.17) is 6.42 Å². The fourth-order valence-electron chi connectivity index (χ4n) is 1.92. The van der Waals surface area contributed by atoms with E-state index in [-0.39, 0.29) is 0 Å². The molecule has 0 amide bonds. The quantitative estimate of drug-likeness (QED) is 0.616. The minimum Gasteiger partial charge on any atom is -0.343 e. The van der Waals surface area contributed by atoms with Gasteiger partial charge in [-0.1, -0.05) is 30.2 Å². The van der Waals surface area contributed by atoms with E-state index in [1.54, 1.807) is 0 Å². The molecule has 0 bridgehead atoms. The lowest BCUT2D eigenvalue weighted by Gasteiger charge is -1.98. The fraction of sp³-hybridized carbons (Fsp3) is 0.143. The van der Waals surface area contributed by atoms with Gasteiger partial charge in [0.05, 0.1) is 11.3 Å². The van der Waals surface area contributed by atoms with Crippen LogP contribution >= 0.6 is 0 Å². The molecule has 2 aromatic rings. The van der Waals surface area contributed by atoms with Crippen molar-refractivity contribution in [1.82, 2.24) is 4.57 Å². The standard InChI is InChI=1S/C14H13N/c1-4-8-13-11(5-2)12-9-6-7-10-14(12)15(13)3/h2,4,6-10H,1,3H3/b8-4-. The summed E-state index contributed by atoms with van der Waals surface area (Å²) in [7, 11) is 2.04. The van der Waals surface area contributed by atoms with Crippen LogP contribution in [0.15, 0.2) is 30.3 Å².